The first kappa shape index (κ1) is 23.8. The molecule has 0 saturated heterocycles. The van der Waals surface area contributed by atoms with Crippen LogP contribution in [-0.4, -0.2) is 44.4 Å². The van der Waals surface area contributed by atoms with Gasteiger partial charge in [0.15, 0.2) is 17.5 Å². The number of ether oxygens (including phenoxy) is 3. The summed E-state index contributed by atoms with van der Waals surface area (Å²) in [5.74, 6) is 2.73. The van der Waals surface area contributed by atoms with Crippen molar-refractivity contribution in [2.24, 2.45) is 4.99 Å². The minimum Gasteiger partial charge on any atom is -0.493 e. The topological polar surface area (TPSA) is 77.0 Å². The van der Waals surface area contributed by atoms with Crippen molar-refractivity contribution in [3.05, 3.63) is 48.2 Å². The van der Waals surface area contributed by atoms with Crippen molar-refractivity contribution in [1.29, 1.82) is 0 Å². The van der Waals surface area contributed by atoms with E-state index in [1.807, 2.05) is 50.2 Å². The van der Waals surface area contributed by atoms with Crippen molar-refractivity contribution in [2.45, 2.75) is 26.5 Å². The summed E-state index contributed by atoms with van der Waals surface area (Å²) in [7, 11) is 3.24. The van der Waals surface area contributed by atoms with Crippen molar-refractivity contribution in [3.63, 3.8) is 0 Å². The second-order valence-electron chi connectivity index (χ2n) is 5.83. The summed E-state index contributed by atoms with van der Waals surface area (Å²) < 4.78 is 16.6. The van der Waals surface area contributed by atoms with Gasteiger partial charge in [-0.25, -0.2) is 9.98 Å². The third-order valence-corrected chi connectivity index (χ3v) is 3.75. The SMILES string of the molecule is CCNC(=NCc1cccnc1OC)NCC(C)Oc1ccccc1OC.I. The maximum atomic E-state index is 5.96. The molecule has 0 aliphatic heterocycles. The van der Waals surface area contributed by atoms with E-state index in [9.17, 15) is 0 Å². The van der Waals surface area contributed by atoms with Crippen molar-refractivity contribution >= 4 is 29.9 Å². The summed E-state index contributed by atoms with van der Waals surface area (Å²) in [5, 5.41) is 6.53. The van der Waals surface area contributed by atoms with Gasteiger partial charge in [-0.05, 0) is 32.0 Å². The van der Waals surface area contributed by atoms with E-state index in [0.717, 1.165) is 17.9 Å². The molecular weight excluding hydrogens is 471 g/mol. The molecule has 7 nitrogen and oxygen atoms in total. The Morgan fingerprint density at radius 2 is 1.82 bits per heavy atom. The zero-order valence-electron chi connectivity index (χ0n) is 16.8. The number of rotatable bonds is 9. The zero-order valence-corrected chi connectivity index (χ0v) is 19.1. The molecule has 0 bridgehead atoms. The van der Waals surface area contributed by atoms with Crippen LogP contribution in [0.2, 0.25) is 0 Å². The number of hydrogen-bond acceptors (Lipinski definition) is 5. The van der Waals surface area contributed by atoms with Gasteiger partial charge in [-0.15, -0.1) is 24.0 Å². The van der Waals surface area contributed by atoms with Crippen LogP contribution in [0.3, 0.4) is 0 Å². The van der Waals surface area contributed by atoms with Crippen LogP contribution in [0.5, 0.6) is 17.4 Å². The Morgan fingerprint density at radius 3 is 2.50 bits per heavy atom. The largest absolute Gasteiger partial charge is 0.493 e. The van der Waals surface area contributed by atoms with Gasteiger partial charge in [0, 0.05) is 18.3 Å². The van der Waals surface area contributed by atoms with Crippen LogP contribution in [0.1, 0.15) is 19.4 Å². The van der Waals surface area contributed by atoms with Crippen molar-refractivity contribution in [3.8, 4) is 17.4 Å². The summed E-state index contributed by atoms with van der Waals surface area (Å²) in [6.45, 7) is 5.84. The highest BCUT2D eigenvalue weighted by molar-refractivity contribution is 14.0. The number of nitrogens with one attached hydrogen (secondary N) is 2. The van der Waals surface area contributed by atoms with Crippen LogP contribution < -0.4 is 24.8 Å². The molecule has 0 fully saturated rings. The maximum Gasteiger partial charge on any atom is 0.218 e. The predicted molar refractivity (Wildman–Crippen MR) is 122 cm³/mol. The first-order chi connectivity index (χ1) is 13.2. The average molecular weight is 500 g/mol. The van der Waals surface area contributed by atoms with Crippen LogP contribution >= 0.6 is 24.0 Å². The van der Waals surface area contributed by atoms with Crippen LogP contribution in [0.15, 0.2) is 47.6 Å². The van der Waals surface area contributed by atoms with Gasteiger partial charge in [0.05, 0.1) is 27.3 Å². The zero-order chi connectivity index (χ0) is 19.5. The number of guanidine groups is 1. The molecule has 8 heteroatoms. The van der Waals surface area contributed by atoms with E-state index in [1.165, 1.54) is 0 Å². The number of pyridine rings is 1. The number of aromatic nitrogens is 1. The Kier molecular flexibility index (Phi) is 11.1. The van der Waals surface area contributed by atoms with Gasteiger partial charge >= 0.3 is 0 Å². The number of aliphatic imine (C=N–C) groups is 1. The lowest BCUT2D eigenvalue weighted by atomic mass is 10.3. The van der Waals surface area contributed by atoms with Crippen LogP contribution in [0.25, 0.3) is 0 Å². The number of halogens is 1. The number of hydrogen-bond donors (Lipinski definition) is 2. The van der Waals surface area contributed by atoms with Gasteiger partial charge in [-0.2, -0.15) is 0 Å². The van der Waals surface area contributed by atoms with E-state index in [-0.39, 0.29) is 30.1 Å². The summed E-state index contributed by atoms with van der Waals surface area (Å²) in [6.07, 6.45) is 1.63. The smallest absolute Gasteiger partial charge is 0.218 e. The fourth-order valence-corrected chi connectivity index (χ4v) is 2.45. The number of para-hydroxylation sites is 2. The van der Waals surface area contributed by atoms with E-state index < -0.39 is 0 Å². The molecule has 1 unspecified atom stereocenters. The van der Waals surface area contributed by atoms with Crippen molar-refractivity contribution < 1.29 is 14.2 Å². The fourth-order valence-electron chi connectivity index (χ4n) is 2.45. The van der Waals surface area contributed by atoms with Gasteiger partial charge in [0.2, 0.25) is 5.88 Å². The number of benzene rings is 1. The molecule has 0 radical (unpaired) electrons. The fraction of sp³-hybridized carbons (Fsp3) is 0.400. The van der Waals surface area contributed by atoms with Gasteiger partial charge in [0.1, 0.15) is 6.10 Å². The van der Waals surface area contributed by atoms with Gasteiger partial charge in [-0.3, -0.25) is 0 Å². The Balaban J connectivity index is 0.00000392. The molecule has 28 heavy (non-hydrogen) atoms. The predicted octanol–water partition coefficient (Wildman–Crippen LogP) is 3.24. The normalized spacial score (nSPS) is 11.8. The lowest BCUT2D eigenvalue weighted by Crippen LogP contribution is -2.41. The Hall–Kier alpha value is -2.23. The lowest BCUT2D eigenvalue weighted by Gasteiger charge is -2.19. The molecule has 2 aromatic rings. The Labute approximate surface area is 183 Å². The molecule has 1 aromatic carbocycles. The molecular formula is C20H29IN4O3. The summed E-state index contributed by atoms with van der Waals surface area (Å²) >= 11 is 0. The summed E-state index contributed by atoms with van der Waals surface area (Å²) in [6, 6.07) is 11.4. The lowest BCUT2D eigenvalue weighted by molar-refractivity contribution is 0.213. The monoisotopic (exact) mass is 500 g/mol. The number of methoxy groups -OCH3 is 2. The first-order valence-corrected chi connectivity index (χ1v) is 8.97. The molecule has 0 aliphatic rings. The van der Waals surface area contributed by atoms with Gasteiger partial charge in [0.25, 0.3) is 0 Å². The molecule has 0 spiro atoms. The maximum absolute atomic E-state index is 5.96. The van der Waals surface area contributed by atoms with Gasteiger partial charge < -0.3 is 24.8 Å². The average Bonchev–Trinajstić information content (AvgIpc) is 2.70. The molecule has 1 atom stereocenters. The van der Waals surface area contributed by atoms with E-state index in [1.54, 1.807) is 20.4 Å². The highest BCUT2D eigenvalue weighted by Gasteiger charge is 2.10. The molecule has 2 rings (SSSR count). The minimum atomic E-state index is -0.0712. The molecule has 2 N–H and O–H groups in total. The standard InChI is InChI=1S/C20H28N4O3.HI/c1-5-21-20(24-14-16-9-8-12-22-19(16)26-4)23-13-15(2)27-18-11-7-6-10-17(18)25-3;/h6-12,15H,5,13-14H2,1-4H3,(H2,21,23,24);1H. The Morgan fingerprint density at radius 1 is 1.07 bits per heavy atom. The molecule has 0 aliphatic carbocycles. The van der Waals surface area contributed by atoms with Gasteiger partial charge in [-0.1, -0.05) is 18.2 Å². The summed E-state index contributed by atoms with van der Waals surface area (Å²) in [5.41, 5.74) is 0.926. The van der Waals surface area contributed by atoms with E-state index in [2.05, 4.69) is 20.6 Å². The second-order valence-corrected chi connectivity index (χ2v) is 5.83. The highest BCUT2D eigenvalue weighted by Crippen LogP contribution is 2.26. The van der Waals surface area contributed by atoms with E-state index >= 15 is 0 Å². The highest BCUT2D eigenvalue weighted by atomic mass is 127. The Bertz CT molecular complexity index is 743. The molecule has 0 saturated carbocycles. The third kappa shape index (κ3) is 7.41. The molecule has 154 valence electrons. The quantitative estimate of drug-likeness (QED) is 0.313. The minimum absolute atomic E-state index is 0. The summed E-state index contributed by atoms with van der Waals surface area (Å²) in [4.78, 5) is 8.79. The van der Waals surface area contributed by atoms with Crippen LogP contribution in [0, 0.1) is 0 Å². The molecule has 1 aromatic heterocycles. The molecule has 0 amide bonds. The van der Waals surface area contributed by atoms with Crippen LogP contribution in [0.4, 0.5) is 0 Å². The van der Waals surface area contributed by atoms with E-state index in [4.69, 9.17) is 14.2 Å². The molecule has 1 heterocycles. The van der Waals surface area contributed by atoms with E-state index in [0.29, 0.717) is 30.7 Å². The number of nitrogens with zero attached hydrogens (tertiary/aromatic N) is 2. The van der Waals surface area contributed by atoms with Crippen molar-refractivity contribution in [1.82, 2.24) is 15.6 Å². The van der Waals surface area contributed by atoms with Crippen molar-refractivity contribution in [2.75, 3.05) is 27.3 Å². The first-order valence-electron chi connectivity index (χ1n) is 8.97. The second kappa shape index (κ2) is 13.0. The third-order valence-electron chi connectivity index (χ3n) is 3.75. The van der Waals surface area contributed by atoms with Crippen LogP contribution in [-0.2, 0) is 6.54 Å².